The number of amides is 1. The molecule has 0 aliphatic rings. The zero-order valence-corrected chi connectivity index (χ0v) is 9.88. The van der Waals surface area contributed by atoms with E-state index in [0.29, 0.717) is 5.02 Å². The molecule has 4 heteroatoms. The van der Waals surface area contributed by atoms with Gasteiger partial charge in [-0.3, -0.25) is 4.79 Å². The first-order valence-corrected chi connectivity index (χ1v) is 5.10. The van der Waals surface area contributed by atoms with E-state index in [1.165, 1.54) is 4.90 Å². The Kier molecular flexibility index (Phi) is 3.72. The first kappa shape index (κ1) is 12.0. The number of likely N-dealkylation sites (N-methyl/N-ethyl adjacent to an activating group) is 1. The highest BCUT2D eigenvalue weighted by Crippen LogP contribution is 2.22. The van der Waals surface area contributed by atoms with Crippen LogP contribution in [0.2, 0.25) is 5.02 Å². The zero-order valence-electron chi connectivity index (χ0n) is 9.12. The molecule has 0 spiro atoms. The van der Waals surface area contributed by atoms with E-state index in [1.807, 2.05) is 19.1 Å². The first-order valence-electron chi connectivity index (χ1n) is 4.72. The lowest BCUT2D eigenvalue weighted by atomic mass is 10.2. The number of carbonyl (C=O) groups is 1. The Bertz CT molecular complexity index is 377. The van der Waals surface area contributed by atoms with Gasteiger partial charge in [0.2, 0.25) is 5.91 Å². The maximum absolute atomic E-state index is 11.6. The van der Waals surface area contributed by atoms with Crippen molar-refractivity contribution < 1.29 is 4.79 Å². The fourth-order valence-corrected chi connectivity index (χ4v) is 1.40. The van der Waals surface area contributed by atoms with Gasteiger partial charge in [0.05, 0.1) is 6.04 Å². The van der Waals surface area contributed by atoms with Crippen LogP contribution in [0.25, 0.3) is 0 Å². The summed E-state index contributed by atoms with van der Waals surface area (Å²) in [6, 6.07) is 4.98. The average molecular weight is 227 g/mol. The maximum Gasteiger partial charge on any atom is 0.243 e. The van der Waals surface area contributed by atoms with Gasteiger partial charge in [-0.25, -0.2) is 0 Å². The molecule has 2 N–H and O–H groups in total. The zero-order chi connectivity index (χ0) is 11.6. The normalized spacial score (nSPS) is 12.3. The largest absolute Gasteiger partial charge is 0.320 e. The summed E-state index contributed by atoms with van der Waals surface area (Å²) in [5.74, 6) is -0.130. The van der Waals surface area contributed by atoms with Gasteiger partial charge in [0.1, 0.15) is 0 Å². The van der Waals surface area contributed by atoms with Crippen LogP contribution in [0.5, 0.6) is 0 Å². The van der Waals surface area contributed by atoms with E-state index >= 15 is 0 Å². The van der Waals surface area contributed by atoms with Gasteiger partial charge in [-0.1, -0.05) is 17.7 Å². The van der Waals surface area contributed by atoms with E-state index in [9.17, 15) is 4.79 Å². The van der Waals surface area contributed by atoms with Crippen LogP contribution in [0.1, 0.15) is 12.5 Å². The van der Waals surface area contributed by atoms with Crippen LogP contribution in [0.4, 0.5) is 5.69 Å². The monoisotopic (exact) mass is 226 g/mol. The molecule has 0 saturated heterocycles. The van der Waals surface area contributed by atoms with Gasteiger partial charge in [-0.05, 0) is 31.5 Å². The Balaban J connectivity index is 2.97. The summed E-state index contributed by atoms with van der Waals surface area (Å²) < 4.78 is 0. The van der Waals surface area contributed by atoms with Gasteiger partial charge in [-0.15, -0.1) is 0 Å². The minimum absolute atomic E-state index is 0.130. The van der Waals surface area contributed by atoms with Crippen molar-refractivity contribution in [1.29, 1.82) is 0 Å². The molecule has 0 aliphatic heterocycles. The Morgan fingerprint density at radius 2 is 2.13 bits per heavy atom. The number of hydrogen-bond donors (Lipinski definition) is 1. The Hall–Kier alpha value is -1.06. The number of hydrogen-bond acceptors (Lipinski definition) is 2. The number of benzene rings is 1. The van der Waals surface area contributed by atoms with Crippen LogP contribution in [-0.2, 0) is 4.79 Å². The third-order valence-corrected chi connectivity index (χ3v) is 2.67. The number of nitrogens with two attached hydrogens (primary N) is 1. The quantitative estimate of drug-likeness (QED) is 0.838. The van der Waals surface area contributed by atoms with Crippen LogP contribution in [0.15, 0.2) is 18.2 Å². The molecular formula is C11H15ClN2O. The second-order valence-corrected chi connectivity index (χ2v) is 4.03. The molecule has 1 atom stereocenters. The van der Waals surface area contributed by atoms with Crippen LogP contribution >= 0.6 is 11.6 Å². The van der Waals surface area contributed by atoms with E-state index in [2.05, 4.69) is 0 Å². The Labute approximate surface area is 94.8 Å². The predicted octanol–water partition coefficient (Wildman–Crippen LogP) is 1.96. The van der Waals surface area contributed by atoms with Crippen molar-refractivity contribution in [3.63, 3.8) is 0 Å². The summed E-state index contributed by atoms with van der Waals surface area (Å²) in [6.07, 6.45) is 0. The smallest absolute Gasteiger partial charge is 0.243 e. The van der Waals surface area contributed by atoms with Crippen molar-refractivity contribution >= 4 is 23.2 Å². The number of aryl methyl sites for hydroxylation is 1. The molecular weight excluding hydrogens is 212 g/mol. The van der Waals surface area contributed by atoms with Crippen molar-refractivity contribution in [2.75, 3.05) is 11.9 Å². The SMILES string of the molecule is Cc1ccc(N(C)C(=O)C(C)N)cc1Cl. The summed E-state index contributed by atoms with van der Waals surface area (Å²) >= 11 is 5.97. The van der Waals surface area contributed by atoms with Crippen molar-refractivity contribution in [3.8, 4) is 0 Å². The molecule has 1 aromatic rings. The Morgan fingerprint density at radius 1 is 1.53 bits per heavy atom. The highest BCUT2D eigenvalue weighted by Gasteiger charge is 2.15. The molecule has 0 heterocycles. The van der Waals surface area contributed by atoms with Crippen molar-refractivity contribution in [2.45, 2.75) is 19.9 Å². The van der Waals surface area contributed by atoms with Crippen molar-refractivity contribution in [1.82, 2.24) is 0 Å². The molecule has 15 heavy (non-hydrogen) atoms. The minimum Gasteiger partial charge on any atom is -0.320 e. The predicted molar refractivity (Wildman–Crippen MR) is 63.2 cm³/mol. The fraction of sp³-hybridized carbons (Fsp3) is 0.364. The van der Waals surface area contributed by atoms with Crippen molar-refractivity contribution in [2.24, 2.45) is 5.73 Å². The molecule has 1 amide bonds. The lowest BCUT2D eigenvalue weighted by Gasteiger charge is -2.19. The summed E-state index contributed by atoms with van der Waals surface area (Å²) in [7, 11) is 1.69. The number of rotatable bonds is 2. The molecule has 0 saturated carbocycles. The number of carbonyl (C=O) groups excluding carboxylic acids is 1. The third kappa shape index (κ3) is 2.70. The topological polar surface area (TPSA) is 46.3 Å². The number of halogens is 1. The molecule has 1 unspecified atom stereocenters. The van der Waals surface area contributed by atoms with E-state index in [-0.39, 0.29) is 5.91 Å². The highest BCUT2D eigenvalue weighted by atomic mass is 35.5. The van der Waals surface area contributed by atoms with E-state index in [1.54, 1.807) is 20.0 Å². The molecule has 3 nitrogen and oxygen atoms in total. The molecule has 0 aliphatic carbocycles. The summed E-state index contributed by atoms with van der Waals surface area (Å²) in [5.41, 5.74) is 7.26. The maximum atomic E-state index is 11.6. The van der Waals surface area contributed by atoms with Gasteiger partial charge < -0.3 is 10.6 Å². The van der Waals surface area contributed by atoms with E-state index in [0.717, 1.165) is 11.3 Å². The third-order valence-electron chi connectivity index (χ3n) is 2.26. The van der Waals surface area contributed by atoms with Crippen LogP contribution in [0, 0.1) is 6.92 Å². The second-order valence-electron chi connectivity index (χ2n) is 3.62. The number of nitrogens with zero attached hydrogens (tertiary/aromatic N) is 1. The fourth-order valence-electron chi connectivity index (χ4n) is 1.22. The second kappa shape index (κ2) is 4.64. The lowest BCUT2D eigenvalue weighted by molar-refractivity contribution is -0.119. The molecule has 1 rings (SSSR count). The van der Waals surface area contributed by atoms with Crippen LogP contribution in [-0.4, -0.2) is 19.0 Å². The number of anilines is 1. The summed E-state index contributed by atoms with van der Waals surface area (Å²) in [6.45, 7) is 3.58. The van der Waals surface area contributed by atoms with Gasteiger partial charge in [0.15, 0.2) is 0 Å². The van der Waals surface area contributed by atoms with Crippen molar-refractivity contribution in [3.05, 3.63) is 28.8 Å². The van der Waals surface area contributed by atoms with Crippen LogP contribution in [0.3, 0.4) is 0 Å². The molecule has 0 fully saturated rings. The summed E-state index contributed by atoms with van der Waals surface area (Å²) in [5, 5.41) is 0.650. The molecule has 0 bridgehead atoms. The molecule has 0 radical (unpaired) electrons. The van der Waals surface area contributed by atoms with Gasteiger partial charge >= 0.3 is 0 Å². The standard InChI is InChI=1S/C11H15ClN2O/c1-7-4-5-9(6-10(7)12)14(3)11(15)8(2)13/h4-6,8H,13H2,1-3H3. The lowest BCUT2D eigenvalue weighted by Crippen LogP contribution is -2.39. The molecule has 82 valence electrons. The minimum atomic E-state index is -0.505. The average Bonchev–Trinajstić information content (AvgIpc) is 2.19. The van der Waals surface area contributed by atoms with Crippen LogP contribution < -0.4 is 10.6 Å². The van der Waals surface area contributed by atoms with Gasteiger partial charge in [0.25, 0.3) is 0 Å². The first-order chi connectivity index (χ1) is 6.93. The Morgan fingerprint density at radius 3 is 2.60 bits per heavy atom. The summed E-state index contributed by atoms with van der Waals surface area (Å²) in [4.78, 5) is 13.1. The molecule has 0 aromatic heterocycles. The van der Waals surface area contributed by atoms with E-state index in [4.69, 9.17) is 17.3 Å². The molecule has 1 aromatic carbocycles. The van der Waals surface area contributed by atoms with Gasteiger partial charge in [-0.2, -0.15) is 0 Å². The van der Waals surface area contributed by atoms with E-state index < -0.39 is 6.04 Å². The van der Waals surface area contributed by atoms with Gasteiger partial charge in [0, 0.05) is 17.8 Å². The highest BCUT2D eigenvalue weighted by molar-refractivity contribution is 6.31.